The number of alkyl halides is 3. The Morgan fingerprint density at radius 1 is 1.26 bits per heavy atom. The van der Waals surface area contributed by atoms with Gasteiger partial charge in [-0.2, -0.15) is 23.3 Å². The molecular formula is C23H27F3N8O. The van der Waals surface area contributed by atoms with Crippen LogP contribution in [0.3, 0.4) is 0 Å². The van der Waals surface area contributed by atoms with E-state index in [1.807, 2.05) is 32.7 Å². The highest BCUT2D eigenvalue weighted by Gasteiger charge is 2.36. The van der Waals surface area contributed by atoms with Gasteiger partial charge < -0.3 is 15.5 Å². The number of hydrogen-bond acceptors (Lipinski definition) is 7. The number of aryl methyl sites for hydroxylation is 1. The summed E-state index contributed by atoms with van der Waals surface area (Å²) in [6.45, 7) is 6.47. The zero-order valence-electron chi connectivity index (χ0n) is 19.9. The van der Waals surface area contributed by atoms with Gasteiger partial charge in [-0.1, -0.05) is 13.8 Å². The van der Waals surface area contributed by atoms with E-state index >= 15 is 0 Å². The molecule has 1 saturated carbocycles. The van der Waals surface area contributed by atoms with Crippen molar-refractivity contribution in [3.8, 4) is 0 Å². The molecule has 3 aromatic rings. The lowest BCUT2D eigenvalue weighted by molar-refractivity contribution is -0.141. The molecule has 12 heteroatoms. The van der Waals surface area contributed by atoms with Crippen molar-refractivity contribution in [2.24, 2.45) is 11.8 Å². The maximum atomic E-state index is 12.9. The third-order valence-electron chi connectivity index (χ3n) is 6.71. The summed E-state index contributed by atoms with van der Waals surface area (Å²) in [5.41, 5.74) is 0.870. The molecule has 2 aliphatic rings. The van der Waals surface area contributed by atoms with Gasteiger partial charge in [-0.05, 0) is 37.7 Å². The van der Waals surface area contributed by atoms with Gasteiger partial charge in [0, 0.05) is 31.2 Å². The van der Waals surface area contributed by atoms with Crippen LogP contribution in [0.5, 0.6) is 0 Å². The van der Waals surface area contributed by atoms with Crippen LogP contribution in [0.1, 0.15) is 38.1 Å². The summed E-state index contributed by atoms with van der Waals surface area (Å²) >= 11 is 0. The number of amides is 1. The second kappa shape index (κ2) is 8.35. The van der Waals surface area contributed by atoms with Crippen LogP contribution in [0.4, 0.5) is 30.6 Å². The Morgan fingerprint density at radius 2 is 2.00 bits per heavy atom. The van der Waals surface area contributed by atoms with Gasteiger partial charge in [0.2, 0.25) is 11.9 Å². The molecule has 1 aliphatic heterocycles. The minimum Gasteiger partial charge on any atom is -0.351 e. The molecule has 1 unspecified atom stereocenters. The van der Waals surface area contributed by atoms with E-state index in [0.29, 0.717) is 46.5 Å². The van der Waals surface area contributed by atoms with Crippen LogP contribution in [0.2, 0.25) is 0 Å². The van der Waals surface area contributed by atoms with E-state index in [0.717, 1.165) is 18.9 Å². The minimum atomic E-state index is -4.48. The Hall–Kier alpha value is -3.44. The first-order valence-electron chi connectivity index (χ1n) is 11.6. The molecule has 0 radical (unpaired) electrons. The first kappa shape index (κ1) is 23.3. The summed E-state index contributed by atoms with van der Waals surface area (Å²) in [5, 5.41) is 11.1. The van der Waals surface area contributed by atoms with Crippen molar-refractivity contribution in [3.05, 3.63) is 29.8 Å². The number of pyridine rings is 1. The predicted molar refractivity (Wildman–Crippen MR) is 125 cm³/mol. The fraction of sp³-hybridized carbons (Fsp3) is 0.522. The highest BCUT2D eigenvalue weighted by molar-refractivity contribution is 6.03. The number of nitrogens with zero attached hydrogens (tertiary/aromatic N) is 6. The SMILES string of the molecule is Cc1nc(N[C@H]2C[C@@H](Cn3cc4cc(C(F)(F)F)ncc4n3)C2)nc2c1NC(=O)C(C(C)C)N2C. The zero-order valence-corrected chi connectivity index (χ0v) is 19.9. The zero-order chi connectivity index (χ0) is 25.1. The van der Waals surface area contributed by atoms with Crippen LogP contribution in [0.15, 0.2) is 18.5 Å². The average molecular weight is 489 g/mol. The summed E-state index contributed by atoms with van der Waals surface area (Å²) < 4.78 is 40.4. The second-order valence-electron chi connectivity index (χ2n) is 9.78. The van der Waals surface area contributed by atoms with Gasteiger partial charge in [0.25, 0.3) is 0 Å². The van der Waals surface area contributed by atoms with E-state index in [-0.39, 0.29) is 23.9 Å². The summed E-state index contributed by atoms with van der Waals surface area (Å²) in [6.07, 6.45) is 0.0549. The molecule has 0 bridgehead atoms. The van der Waals surface area contributed by atoms with Crippen LogP contribution in [-0.2, 0) is 17.5 Å². The Morgan fingerprint density at radius 3 is 2.69 bits per heavy atom. The maximum absolute atomic E-state index is 12.9. The van der Waals surface area contributed by atoms with E-state index in [9.17, 15) is 18.0 Å². The fourth-order valence-electron chi connectivity index (χ4n) is 4.96. The Kier molecular flexibility index (Phi) is 5.56. The van der Waals surface area contributed by atoms with Gasteiger partial charge in [-0.15, -0.1) is 0 Å². The summed E-state index contributed by atoms with van der Waals surface area (Å²) in [7, 11) is 1.87. The number of nitrogens with one attached hydrogen (secondary N) is 2. The van der Waals surface area contributed by atoms with Crippen molar-refractivity contribution >= 4 is 34.3 Å². The predicted octanol–water partition coefficient (Wildman–Crippen LogP) is 3.85. The third-order valence-corrected chi connectivity index (χ3v) is 6.71. The largest absolute Gasteiger partial charge is 0.433 e. The number of hydrogen-bond donors (Lipinski definition) is 2. The van der Waals surface area contributed by atoms with Crippen LogP contribution in [0, 0.1) is 18.8 Å². The molecule has 9 nitrogen and oxygen atoms in total. The van der Waals surface area contributed by atoms with Gasteiger partial charge >= 0.3 is 6.18 Å². The van der Waals surface area contributed by atoms with Gasteiger partial charge in [0.1, 0.15) is 22.9 Å². The Balaban J connectivity index is 1.23. The molecule has 1 atom stereocenters. The molecule has 4 heterocycles. The molecule has 1 fully saturated rings. The number of aromatic nitrogens is 5. The van der Waals surface area contributed by atoms with Crippen molar-refractivity contribution in [2.45, 2.75) is 58.4 Å². The van der Waals surface area contributed by atoms with Crippen LogP contribution in [-0.4, -0.2) is 49.8 Å². The van der Waals surface area contributed by atoms with Gasteiger partial charge in [-0.25, -0.2) is 9.97 Å². The molecule has 35 heavy (non-hydrogen) atoms. The molecule has 5 rings (SSSR count). The van der Waals surface area contributed by atoms with E-state index < -0.39 is 11.9 Å². The van der Waals surface area contributed by atoms with Crippen molar-refractivity contribution < 1.29 is 18.0 Å². The molecule has 1 aliphatic carbocycles. The lowest BCUT2D eigenvalue weighted by Crippen LogP contribution is -2.50. The monoisotopic (exact) mass is 488 g/mol. The number of halogens is 3. The molecule has 0 spiro atoms. The first-order valence-corrected chi connectivity index (χ1v) is 11.6. The van der Waals surface area contributed by atoms with Crippen molar-refractivity contribution in [1.82, 2.24) is 24.7 Å². The summed E-state index contributed by atoms with van der Waals surface area (Å²) in [4.78, 5) is 27.1. The molecule has 0 saturated heterocycles. The molecule has 0 aromatic carbocycles. The number of likely N-dealkylation sites (N-methyl/N-ethyl adjacent to an activating group) is 1. The number of carbonyl (C=O) groups excluding carboxylic acids is 1. The molecule has 3 aromatic heterocycles. The lowest BCUT2D eigenvalue weighted by Gasteiger charge is -2.38. The molecule has 186 valence electrons. The molecular weight excluding hydrogens is 461 g/mol. The first-order chi connectivity index (χ1) is 16.5. The average Bonchev–Trinajstić information content (AvgIpc) is 3.14. The topological polar surface area (TPSA) is 101 Å². The standard InChI is InChI=1S/C23H27F3N8O/c1-11(2)19-21(35)30-18-12(3)28-22(31-20(18)33(19)4)29-15-5-13(6-15)9-34-10-14-7-17(23(24,25)26)27-8-16(14)32-34/h7-8,10-11,13,15,19H,5-6,9H2,1-4H3,(H,30,35)(H,28,29,31)/t13-,15+,19?. The van der Waals surface area contributed by atoms with E-state index in [1.165, 1.54) is 6.20 Å². The van der Waals surface area contributed by atoms with E-state index in [4.69, 9.17) is 0 Å². The van der Waals surface area contributed by atoms with Crippen molar-refractivity contribution in [1.29, 1.82) is 0 Å². The van der Waals surface area contributed by atoms with Gasteiger partial charge in [-0.3, -0.25) is 9.48 Å². The van der Waals surface area contributed by atoms with Crippen LogP contribution >= 0.6 is 0 Å². The van der Waals surface area contributed by atoms with Crippen LogP contribution < -0.4 is 15.5 Å². The number of anilines is 3. The summed E-state index contributed by atoms with van der Waals surface area (Å²) in [5.74, 6) is 1.63. The normalized spacial score (nSPS) is 22.2. The van der Waals surface area contributed by atoms with Crippen molar-refractivity contribution in [2.75, 3.05) is 22.6 Å². The second-order valence-corrected chi connectivity index (χ2v) is 9.78. The smallest absolute Gasteiger partial charge is 0.351 e. The van der Waals surface area contributed by atoms with Crippen LogP contribution in [0.25, 0.3) is 10.9 Å². The molecule has 2 N–H and O–H groups in total. The Labute approximate surface area is 200 Å². The minimum absolute atomic E-state index is 0.0547. The number of rotatable bonds is 5. The van der Waals surface area contributed by atoms with Gasteiger partial charge in [0.15, 0.2) is 5.82 Å². The fourth-order valence-corrected chi connectivity index (χ4v) is 4.96. The summed E-state index contributed by atoms with van der Waals surface area (Å²) in [6, 6.07) is 0.915. The number of fused-ring (bicyclic) bond motifs is 2. The number of carbonyl (C=O) groups is 1. The highest BCUT2D eigenvalue weighted by Crippen LogP contribution is 2.36. The van der Waals surface area contributed by atoms with E-state index in [1.54, 1.807) is 10.9 Å². The van der Waals surface area contributed by atoms with Crippen molar-refractivity contribution in [3.63, 3.8) is 0 Å². The maximum Gasteiger partial charge on any atom is 0.433 e. The third kappa shape index (κ3) is 4.37. The Bertz CT molecular complexity index is 1280. The quantitative estimate of drug-likeness (QED) is 0.563. The van der Waals surface area contributed by atoms with E-state index in [2.05, 4.69) is 30.7 Å². The lowest BCUT2D eigenvalue weighted by atomic mass is 9.80. The van der Waals surface area contributed by atoms with Gasteiger partial charge in [0.05, 0.1) is 11.9 Å². The molecule has 1 amide bonds. The highest BCUT2D eigenvalue weighted by atomic mass is 19.4.